The van der Waals surface area contributed by atoms with Gasteiger partial charge in [0.25, 0.3) is 17.9 Å². The van der Waals surface area contributed by atoms with Gasteiger partial charge in [0, 0.05) is 45.0 Å². The number of aromatic nitrogens is 1. The number of likely N-dealkylation sites (tertiary alicyclic amines) is 1. The first kappa shape index (κ1) is 24.4. The van der Waals surface area contributed by atoms with Crippen molar-refractivity contribution in [2.45, 2.75) is 45.3 Å². The maximum absolute atomic E-state index is 13.2. The molecule has 0 bridgehead atoms. The number of fused-ring (bicyclic) bond motifs is 1. The number of aliphatic hydroxyl groups is 1. The number of nitrogens with zero attached hydrogens (tertiary/aromatic N) is 3. The smallest absolute Gasteiger partial charge is 0.290 e. The molecule has 9 nitrogen and oxygen atoms in total. The molecule has 9 heteroatoms. The molecule has 178 valence electrons. The highest BCUT2D eigenvalue weighted by atomic mass is 16.5. The molecule has 1 saturated carbocycles. The second kappa shape index (κ2) is 10.6. The van der Waals surface area contributed by atoms with E-state index in [1.54, 1.807) is 17.7 Å². The van der Waals surface area contributed by atoms with E-state index in [2.05, 4.69) is 4.90 Å². The maximum atomic E-state index is 13.2. The van der Waals surface area contributed by atoms with Crippen LogP contribution in [0, 0.1) is 18.8 Å². The van der Waals surface area contributed by atoms with E-state index in [0.29, 0.717) is 24.9 Å². The fourth-order valence-corrected chi connectivity index (χ4v) is 5.64. The minimum Gasteiger partial charge on any atom is -0.483 e. The molecule has 0 spiro atoms. The number of hydrogen-bond acceptors (Lipinski definition) is 6. The van der Waals surface area contributed by atoms with Crippen LogP contribution in [0.5, 0.6) is 0 Å². The van der Waals surface area contributed by atoms with E-state index in [1.165, 1.54) is 0 Å². The number of carbonyl (C=O) groups is 2. The van der Waals surface area contributed by atoms with E-state index in [4.69, 9.17) is 14.6 Å². The van der Waals surface area contributed by atoms with Crippen molar-refractivity contribution in [2.75, 3.05) is 39.4 Å². The summed E-state index contributed by atoms with van der Waals surface area (Å²) in [5, 5.41) is 17.6. The zero-order valence-electron chi connectivity index (χ0n) is 19.2. The summed E-state index contributed by atoms with van der Waals surface area (Å²) in [5.74, 6) is 0.532. The van der Waals surface area contributed by atoms with Gasteiger partial charge < -0.3 is 24.4 Å². The first-order valence-electron chi connectivity index (χ1n) is 11.4. The number of hydrogen-bond donors (Lipinski definition) is 2. The molecule has 2 N–H and O–H groups in total. The molecule has 1 aromatic heterocycles. The van der Waals surface area contributed by atoms with E-state index >= 15 is 0 Å². The molecule has 32 heavy (non-hydrogen) atoms. The molecule has 3 heterocycles. The number of aryl methyl sites for hydroxylation is 1. The van der Waals surface area contributed by atoms with Crippen LogP contribution in [-0.4, -0.2) is 88.5 Å². The van der Waals surface area contributed by atoms with Gasteiger partial charge in [-0.15, -0.1) is 0 Å². The third-order valence-electron chi connectivity index (χ3n) is 7.23. The average Bonchev–Trinajstić information content (AvgIpc) is 3.19. The van der Waals surface area contributed by atoms with Crippen molar-refractivity contribution in [3.63, 3.8) is 0 Å². The molecule has 0 radical (unpaired) electrons. The van der Waals surface area contributed by atoms with Crippen molar-refractivity contribution in [1.82, 2.24) is 14.4 Å². The first-order chi connectivity index (χ1) is 15.3. The van der Waals surface area contributed by atoms with Gasteiger partial charge in [-0.3, -0.25) is 19.3 Å². The van der Waals surface area contributed by atoms with Gasteiger partial charge in [-0.25, -0.2) is 0 Å². The summed E-state index contributed by atoms with van der Waals surface area (Å²) in [6, 6.07) is 1.91. The molecule has 1 aromatic rings. The fourth-order valence-electron chi connectivity index (χ4n) is 5.64. The third-order valence-corrected chi connectivity index (χ3v) is 7.23. The van der Waals surface area contributed by atoms with Crippen LogP contribution in [0.1, 0.15) is 41.4 Å². The largest absolute Gasteiger partial charge is 0.483 e. The third kappa shape index (κ3) is 4.89. The normalized spacial score (nSPS) is 27.9. The SMILES string of the molecule is CCc1c(C)cc(C(=O)N2C[C@H]3C[C@@H](N4CCOCC4)[C@H](O)C[C@H]3C2)c(=O)n1C.O=CO. The van der Waals surface area contributed by atoms with Gasteiger partial charge >= 0.3 is 0 Å². The second-order valence-electron chi connectivity index (χ2n) is 9.00. The van der Waals surface area contributed by atoms with Crippen LogP contribution in [0.3, 0.4) is 0 Å². The summed E-state index contributed by atoms with van der Waals surface area (Å²) in [4.78, 5) is 38.5. The molecular weight excluding hydrogens is 414 g/mol. The highest BCUT2D eigenvalue weighted by Crippen LogP contribution is 2.38. The van der Waals surface area contributed by atoms with Gasteiger partial charge in [-0.05, 0) is 49.7 Å². The lowest BCUT2D eigenvalue weighted by molar-refractivity contribution is -0.122. The number of pyridine rings is 1. The Bertz CT molecular complexity index is 879. The van der Waals surface area contributed by atoms with Gasteiger partial charge in [0.15, 0.2) is 0 Å². The summed E-state index contributed by atoms with van der Waals surface area (Å²) in [6.45, 7) is 8.20. The fraction of sp³-hybridized carbons (Fsp3) is 0.696. The Morgan fingerprint density at radius 3 is 2.41 bits per heavy atom. The van der Waals surface area contributed by atoms with Crippen LogP contribution < -0.4 is 5.56 Å². The lowest BCUT2D eigenvalue weighted by Crippen LogP contribution is -2.53. The summed E-state index contributed by atoms with van der Waals surface area (Å²) in [7, 11) is 1.75. The molecule has 3 aliphatic rings. The minimum absolute atomic E-state index is 0.147. The van der Waals surface area contributed by atoms with Crippen LogP contribution in [0.15, 0.2) is 10.9 Å². The van der Waals surface area contributed by atoms with Gasteiger partial charge in [-0.2, -0.15) is 0 Å². The Labute approximate surface area is 188 Å². The summed E-state index contributed by atoms with van der Waals surface area (Å²) < 4.78 is 7.06. The number of carbonyl (C=O) groups excluding carboxylic acids is 1. The van der Waals surface area contributed by atoms with E-state index in [9.17, 15) is 14.7 Å². The minimum atomic E-state index is -0.358. The molecule has 4 atom stereocenters. The summed E-state index contributed by atoms with van der Waals surface area (Å²) in [5.41, 5.74) is 2.01. The number of ether oxygens (including phenoxy) is 1. The molecule has 3 fully saturated rings. The lowest BCUT2D eigenvalue weighted by atomic mass is 9.77. The molecule has 0 aromatic carbocycles. The Kier molecular flexibility index (Phi) is 8.08. The standard InChI is InChI=1S/C22H33N3O4.CH2O2/c1-4-18-14(2)9-17(21(27)23(18)3)22(28)25-12-15-10-19(20(26)11-16(15)13-25)24-5-7-29-8-6-24;2-1-3/h9,15-16,19-20,26H,4-8,10-13H2,1-3H3;1H,(H,2,3)/t15-,16+,19-,20-;/m1./s1. The summed E-state index contributed by atoms with van der Waals surface area (Å²) in [6.07, 6.45) is 2.04. The second-order valence-corrected chi connectivity index (χ2v) is 9.00. The highest BCUT2D eigenvalue weighted by molar-refractivity contribution is 5.94. The van der Waals surface area contributed by atoms with Crippen molar-refractivity contribution in [1.29, 1.82) is 0 Å². The van der Waals surface area contributed by atoms with Crippen LogP contribution in [0.4, 0.5) is 0 Å². The maximum Gasteiger partial charge on any atom is 0.290 e. The van der Waals surface area contributed by atoms with Crippen molar-refractivity contribution in [2.24, 2.45) is 18.9 Å². The van der Waals surface area contributed by atoms with Gasteiger partial charge in [0.1, 0.15) is 5.56 Å². The van der Waals surface area contributed by atoms with E-state index < -0.39 is 0 Å². The number of amides is 1. The lowest BCUT2D eigenvalue weighted by Gasteiger charge is -2.43. The van der Waals surface area contributed by atoms with E-state index in [-0.39, 0.29) is 35.6 Å². The average molecular weight is 450 g/mol. The van der Waals surface area contributed by atoms with Crippen LogP contribution in [0.2, 0.25) is 0 Å². The van der Waals surface area contributed by atoms with E-state index in [0.717, 1.165) is 56.8 Å². The quantitative estimate of drug-likeness (QED) is 0.646. The van der Waals surface area contributed by atoms with Crippen molar-refractivity contribution >= 4 is 12.4 Å². The van der Waals surface area contributed by atoms with Gasteiger partial charge in [0.05, 0.1) is 19.3 Å². The molecule has 1 amide bonds. The summed E-state index contributed by atoms with van der Waals surface area (Å²) >= 11 is 0. The molecule has 2 saturated heterocycles. The zero-order chi connectivity index (χ0) is 23.4. The van der Waals surface area contributed by atoms with Crippen LogP contribution >= 0.6 is 0 Å². The monoisotopic (exact) mass is 449 g/mol. The highest BCUT2D eigenvalue weighted by Gasteiger charge is 2.45. The molecular formula is C23H35N3O6. The number of carboxylic acid groups (broad SMARTS) is 1. The van der Waals surface area contributed by atoms with Gasteiger partial charge in [0.2, 0.25) is 0 Å². The van der Waals surface area contributed by atoms with E-state index in [1.807, 2.05) is 18.7 Å². The predicted octanol–water partition coefficient (Wildman–Crippen LogP) is 0.501. The number of aliphatic hydroxyl groups excluding tert-OH is 1. The van der Waals surface area contributed by atoms with Crippen LogP contribution in [-0.2, 0) is 23.0 Å². The Morgan fingerprint density at radius 2 is 1.81 bits per heavy atom. The molecule has 0 unspecified atom stereocenters. The van der Waals surface area contributed by atoms with Crippen molar-refractivity contribution < 1.29 is 24.5 Å². The Morgan fingerprint density at radius 1 is 1.22 bits per heavy atom. The topological polar surface area (TPSA) is 112 Å². The van der Waals surface area contributed by atoms with Crippen molar-refractivity contribution in [3.8, 4) is 0 Å². The predicted molar refractivity (Wildman–Crippen MR) is 119 cm³/mol. The number of morpholine rings is 1. The number of rotatable bonds is 3. The van der Waals surface area contributed by atoms with Crippen LogP contribution in [0.25, 0.3) is 0 Å². The molecule has 2 aliphatic heterocycles. The van der Waals surface area contributed by atoms with Gasteiger partial charge in [-0.1, -0.05) is 6.92 Å². The first-order valence-corrected chi connectivity index (χ1v) is 11.4. The zero-order valence-corrected chi connectivity index (χ0v) is 19.2. The Hall–Kier alpha value is -2.23. The van der Waals surface area contributed by atoms with Crippen molar-refractivity contribution in [3.05, 3.63) is 33.2 Å². The Balaban J connectivity index is 0.000000913. The molecule has 4 rings (SSSR count). The molecule has 1 aliphatic carbocycles.